The maximum absolute atomic E-state index is 11.3. The summed E-state index contributed by atoms with van der Waals surface area (Å²) in [5.74, 6) is -0.169. The first-order valence-electron chi connectivity index (χ1n) is 10.2. The fourth-order valence-corrected chi connectivity index (χ4v) is 2.21. The summed E-state index contributed by atoms with van der Waals surface area (Å²) >= 11 is 0. The third kappa shape index (κ3) is 21.4. The zero-order chi connectivity index (χ0) is 19.3. The van der Waals surface area contributed by atoms with Gasteiger partial charge in [0, 0.05) is 19.6 Å². The van der Waals surface area contributed by atoms with E-state index in [1.165, 1.54) is 25.7 Å². The van der Waals surface area contributed by atoms with E-state index in [1.807, 2.05) is 13.8 Å². The van der Waals surface area contributed by atoms with Gasteiger partial charge in [0.15, 0.2) is 0 Å². The zero-order valence-corrected chi connectivity index (χ0v) is 17.1. The Bertz CT molecular complexity index is 296. The van der Waals surface area contributed by atoms with Crippen molar-refractivity contribution in [3.63, 3.8) is 0 Å². The molecule has 0 spiro atoms. The van der Waals surface area contributed by atoms with Gasteiger partial charge in [0.05, 0.1) is 45.7 Å². The maximum atomic E-state index is 11.3. The van der Waals surface area contributed by atoms with Crippen molar-refractivity contribution in [3.05, 3.63) is 0 Å². The predicted molar refractivity (Wildman–Crippen MR) is 102 cm³/mol. The molecule has 0 aliphatic rings. The van der Waals surface area contributed by atoms with E-state index in [9.17, 15) is 4.79 Å². The van der Waals surface area contributed by atoms with Crippen LogP contribution in [0.4, 0.5) is 0 Å². The number of unbranched alkanes of at least 4 members (excludes halogenated alkanes) is 4. The normalized spacial score (nSPS) is 11.2. The van der Waals surface area contributed by atoms with Gasteiger partial charge in [0.25, 0.3) is 0 Å². The van der Waals surface area contributed by atoms with E-state index in [0.29, 0.717) is 59.1 Å². The summed E-state index contributed by atoms with van der Waals surface area (Å²) in [7, 11) is 0. The highest BCUT2D eigenvalue weighted by atomic mass is 16.6. The first kappa shape index (κ1) is 25.3. The van der Waals surface area contributed by atoms with Gasteiger partial charge in [-0.1, -0.05) is 32.6 Å². The highest BCUT2D eigenvalue weighted by Gasteiger charge is 2.04. The van der Waals surface area contributed by atoms with Gasteiger partial charge in [-0.05, 0) is 26.7 Å². The quantitative estimate of drug-likeness (QED) is 0.238. The number of rotatable bonds is 20. The second kappa shape index (κ2) is 20.6. The van der Waals surface area contributed by atoms with E-state index in [2.05, 4.69) is 6.92 Å². The van der Waals surface area contributed by atoms with Gasteiger partial charge in [0.2, 0.25) is 0 Å². The molecule has 6 heteroatoms. The molecule has 26 heavy (non-hydrogen) atoms. The van der Waals surface area contributed by atoms with Crippen LogP contribution in [0.1, 0.15) is 65.7 Å². The molecule has 0 aromatic heterocycles. The molecule has 156 valence electrons. The van der Waals surface area contributed by atoms with E-state index in [4.69, 9.17) is 23.7 Å². The highest BCUT2D eigenvalue weighted by molar-refractivity contribution is 5.69. The van der Waals surface area contributed by atoms with E-state index < -0.39 is 0 Å². The van der Waals surface area contributed by atoms with Crippen LogP contribution in [0.5, 0.6) is 0 Å². The van der Waals surface area contributed by atoms with Crippen LogP contribution in [0.25, 0.3) is 0 Å². The average molecular weight is 377 g/mol. The van der Waals surface area contributed by atoms with Crippen LogP contribution in [0.15, 0.2) is 0 Å². The lowest BCUT2D eigenvalue weighted by Gasteiger charge is -2.08. The smallest absolute Gasteiger partial charge is 0.306 e. The summed E-state index contributed by atoms with van der Waals surface area (Å²) in [4.78, 5) is 11.3. The number of esters is 1. The molecule has 0 aliphatic carbocycles. The van der Waals surface area contributed by atoms with Gasteiger partial charge in [-0.25, -0.2) is 0 Å². The molecule has 0 aliphatic heterocycles. The van der Waals surface area contributed by atoms with Crippen molar-refractivity contribution in [2.45, 2.75) is 71.8 Å². The summed E-state index contributed by atoms with van der Waals surface area (Å²) in [6, 6.07) is 0. The first-order chi connectivity index (χ1) is 12.7. The largest absolute Gasteiger partial charge is 0.463 e. The minimum Gasteiger partial charge on any atom is -0.463 e. The van der Waals surface area contributed by atoms with Crippen molar-refractivity contribution in [2.75, 3.05) is 52.9 Å². The van der Waals surface area contributed by atoms with Crippen molar-refractivity contribution in [3.8, 4) is 0 Å². The van der Waals surface area contributed by atoms with E-state index in [0.717, 1.165) is 13.0 Å². The Balaban J connectivity index is 3.06. The van der Waals surface area contributed by atoms with Crippen LogP contribution in [0.2, 0.25) is 0 Å². The summed E-state index contributed by atoms with van der Waals surface area (Å²) in [5, 5.41) is 0. The fourth-order valence-electron chi connectivity index (χ4n) is 2.21. The van der Waals surface area contributed by atoms with Gasteiger partial charge < -0.3 is 23.7 Å². The third-order valence-electron chi connectivity index (χ3n) is 3.54. The Labute approximate surface area is 159 Å². The molecule has 0 rings (SSSR count). The lowest BCUT2D eigenvalue weighted by Crippen LogP contribution is -2.13. The van der Waals surface area contributed by atoms with Crippen molar-refractivity contribution in [2.24, 2.45) is 0 Å². The maximum Gasteiger partial charge on any atom is 0.306 e. The highest BCUT2D eigenvalue weighted by Crippen LogP contribution is 2.02. The van der Waals surface area contributed by atoms with E-state index in [-0.39, 0.29) is 12.1 Å². The molecule has 0 amide bonds. The molecule has 0 N–H and O–H groups in total. The third-order valence-corrected chi connectivity index (χ3v) is 3.54. The van der Waals surface area contributed by atoms with Crippen LogP contribution < -0.4 is 0 Å². The summed E-state index contributed by atoms with van der Waals surface area (Å²) in [5.41, 5.74) is 0. The van der Waals surface area contributed by atoms with Crippen molar-refractivity contribution in [1.29, 1.82) is 0 Å². The Morgan fingerprint density at radius 2 is 1.12 bits per heavy atom. The minimum atomic E-state index is -0.169. The van der Waals surface area contributed by atoms with Crippen LogP contribution in [-0.4, -0.2) is 64.9 Å². The molecule has 0 atom stereocenters. The van der Waals surface area contributed by atoms with Gasteiger partial charge in [-0.15, -0.1) is 0 Å². The van der Waals surface area contributed by atoms with Crippen LogP contribution in [0, 0.1) is 0 Å². The molecule has 0 heterocycles. The zero-order valence-electron chi connectivity index (χ0n) is 17.1. The predicted octanol–water partition coefficient (Wildman–Crippen LogP) is 3.76. The average Bonchev–Trinajstić information content (AvgIpc) is 2.60. The van der Waals surface area contributed by atoms with Gasteiger partial charge in [-0.3, -0.25) is 4.79 Å². The first-order valence-corrected chi connectivity index (χ1v) is 10.2. The summed E-state index contributed by atoms with van der Waals surface area (Å²) in [6.07, 6.45) is 7.32. The summed E-state index contributed by atoms with van der Waals surface area (Å²) < 4.78 is 26.8. The van der Waals surface area contributed by atoms with Gasteiger partial charge in [-0.2, -0.15) is 0 Å². The monoisotopic (exact) mass is 376 g/mol. The molecular formula is C20H40O6. The molecule has 0 saturated carbocycles. The molecule has 0 fully saturated rings. The van der Waals surface area contributed by atoms with Crippen LogP contribution >= 0.6 is 0 Å². The topological polar surface area (TPSA) is 63.2 Å². The van der Waals surface area contributed by atoms with Crippen molar-refractivity contribution in [1.82, 2.24) is 0 Å². The Kier molecular flexibility index (Phi) is 20.1. The van der Waals surface area contributed by atoms with E-state index in [1.54, 1.807) is 0 Å². The second-order valence-corrected chi connectivity index (χ2v) is 6.51. The molecule has 0 bridgehead atoms. The molecule has 0 aromatic rings. The minimum absolute atomic E-state index is 0.0545. The lowest BCUT2D eigenvalue weighted by molar-refractivity contribution is -0.147. The lowest BCUT2D eigenvalue weighted by atomic mass is 10.2. The fraction of sp³-hybridized carbons (Fsp3) is 0.950. The van der Waals surface area contributed by atoms with Crippen molar-refractivity contribution >= 4 is 5.97 Å². The number of ether oxygens (including phenoxy) is 5. The SMILES string of the molecule is CCCCCCCOCCOCCOCCOCCCC(=O)OC(C)C. The van der Waals surface area contributed by atoms with Crippen molar-refractivity contribution < 1.29 is 28.5 Å². The standard InChI is InChI=1S/C20H40O6/c1-4-5-6-7-8-11-22-13-15-24-17-18-25-16-14-23-12-9-10-20(21)26-19(2)3/h19H,4-18H2,1-3H3. The van der Waals surface area contributed by atoms with Crippen LogP contribution in [-0.2, 0) is 28.5 Å². The molecule has 0 saturated heterocycles. The molecule has 6 nitrogen and oxygen atoms in total. The van der Waals surface area contributed by atoms with Gasteiger partial charge in [0.1, 0.15) is 0 Å². The number of carbonyl (C=O) groups is 1. The molecule has 0 unspecified atom stereocenters. The number of carbonyl (C=O) groups excluding carboxylic acids is 1. The van der Waals surface area contributed by atoms with Gasteiger partial charge >= 0.3 is 5.97 Å². The number of hydrogen-bond donors (Lipinski definition) is 0. The number of hydrogen-bond acceptors (Lipinski definition) is 6. The van der Waals surface area contributed by atoms with E-state index >= 15 is 0 Å². The Morgan fingerprint density at radius 1 is 0.654 bits per heavy atom. The summed E-state index contributed by atoms with van der Waals surface area (Å²) in [6.45, 7) is 10.7. The molecular weight excluding hydrogens is 336 g/mol. The molecule has 0 radical (unpaired) electrons. The molecule has 0 aromatic carbocycles. The second-order valence-electron chi connectivity index (χ2n) is 6.51. The Morgan fingerprint density at radius 3 is 1.62 bits per heavy atom. The Hall–Kier alpha value is -0.690. The van der Waals surface area contributed by atoms with Crippen LogP contribution in [0.3, 0.4) is 0 Å².